The zero-order valence-electron chi connectivity index (χ0n) is 10.4. The first-order valence-electron chi connectivity index (χ1n) is 5.67. The third-order valence-corrected chi connectivity index (χ3v) is 2.86. The number of methoxy groups -OCH3 is 1. The number of rotatable bonds is 5. The molecule has 1 aromatic carbocycles. The van der Waals surface area contributed by atoms with E-state index in [1.165, 1.54) is 7.11 Å². The van der Waals surface area contributed by atoms with Gasteiger partial charge in [-0.15, -0.1) is 11.6 Å². The van der Waals surface area contributed by atoms with E-state index in [-0.39, 0.29) is 12.5 Å². The molecule has 0 fully saturated rings. The smallest absolute Gasteiger partial charge is 0.325 e. The highest BCUT2D eigenvalue weighted by atomic mass is 35.5. The molecule has 0 heterocycles. The van der Waals surface area contributed by atoms with Crippen molar-refractivity contribution in [3.63, 3.8) is 0 Å². The van der Waals surface area contributed by atoms with Crippen LogP contribution in [-0.4, -0.2) is 30.9 Å². The third kappa shape index (κ3) is 4.04. The van der Waals surface area contributed by atoms with Crippen molar-refractivity contribution in [2.75, 3.05) is 13.7 Å². The van der Waals surface area contributed by atoms with Crippen LogP contribution in [0.15, 0.2) is 24.3 Å². The SMILES string of the molecule is CCc1ccc(C(=O)NCC(Cl)C(=O)OC)cc1. The first-order valence-corrected chi connectivity index (χ1v) is 6.11. The fraction of sp³-hybridized carbons (Fsp3) is 0.385. The van der Waals surface area contributed by atoms with E-state index in [2.05, 4.69) is 10.1 Å². The normalized spacial score (nSPS) is 11.7. The molecule has 1 N–H and O–H groups in total. The van der Waals surface area contributed by atoms with Crippen LogP contribution in [0, 0.1) is 0 Å². The van der Waals surface area contributed by atoms with Crippen molar-refractivity contribution in [1.82, 2.24) is 5.32 Å². The lowest BCUT2D eigenvalue weighted by Crippen LogP contribution is -2.34. The first-order chi connectivity index (χ1) is 8.58. The summed E-state index contributed by atoms with van der Waals surface area (Å²) in [6, 6.07) is 7.28. The number of aryl methyl sites for hydroxylation is 1. The maximum Gasteiger partial charge on any atom is 0.325 e. The number of alkyl halides is 1. The van der Waals surface area contributed by atoms with E-state index in [1.807, 2.05) is 19.1 Å². The summed E-state index contributed by atoms with van der Waals surface area (Å²) in [5.74, 6) is -0.814. The van der Waals surface area contributed by atoms with E-state index < -0.39 is 11.3 Å². The minimum absolute atomic E-state index is 0.0442. The van der Waals surface area contributed by atoms with Crippen molar-refractivity contribution in [3.05, 3.63) is 35.4 Å². The van der Waals surface area contributed by atoms with Gasteiger partial charge in [0.15, 0.2) is 0 Å². The van der Waals surface area contributed by atoms with Crippen LogP contribution in [-0.2, 0) is 16.0 Å². The molecule has 0 spiro atoms. The molecule has 1 amide bonds. The molecule has 1 unspecified atom stereocenters. The van der Waals surface area contributed by atoms with Gasteiger partial charge in [0, 0.05) is 12.1 Å². The van der Waals surface area contributed by atoms with Gasteiger partial charge in [0.2, 0.25) is 0 Å². The summed E-state index contributed by atoms with van der Waals surface area (Å²) < 4.78 is 4.46. The summed E-state index contributed by atoms with van der Waals surface area (Å²) in [5, 5.41) is 1.71. The fourth-order valence-electron chi connectivity index (χ4n) is 1.39. The minimum Gasteiger partial charge on any atom is -0.468 e. The number of hydrogen-bond donors (Lipinski definition) is 1. The van der Waals surface area contributed by atoms with Crippen molar-refractivity contribution >= 4 is 23.5 Å². The van der Waals surface area contributed by atoms with Crippen molar-refractivity contribution in [2.45, 2.75) is 18.7 Å². The largest absolute Gasteiger partial charge is 0.468 e. The van der Waals surface area contributed by atoms with Crippen molar-refractivity contribution < 1.29 is 14.3 Å². The predicted molar refractivity (Wildman–Crippen MR) is 69.8 cm³/mol. The van der Waals surface area contributed by atoms with Gasteiger partial charge in [0.1, 0.15) is 5.38 Å². The van der Waals surface area contributed by atoms with Gasteiger partial charge in [0.25, 0.3) is 5.91 Å². The van der Waals surface area contributed by atoms with Crippen LogP contribution >= 0.6 is 11.6 Å². The number of carbonyl (C=O) groups excluding carboxylic acids is 2. The van der Waals surface area contributed by atoms with Crippen LogP contribution in [0.1, 0.15) is 22.8 Å². The molecule has 18 heavy (non-hydrogen) atoms. The molecule has 0 radical (unpaired) electrons. The van der Waals surface area contributed by atoms with Crippen LogP contribution in [0.5, 0.6) is 0 Å². The maximum absolute atomic E-state index is 11.7. The number of ether oxygens (including phenoxy) is 1. The Balaban J connectivity index is 2.52. The van der Waals surface area contributed by atoms with Crippen LogP contribution in [0.25, 0.3) is 0 Å². The lowest BCUT2D eigenvalue weighted by atomic mass is 10.1. The van der Waals surface area contributed by atoms with Crippen LogP contribution in [0.4, 0.5) is 0 Å². The van der Waals surface area contributed by atoms with Gasteiger partial charge in [-0.25, -0.2) is 0 Å². The maximum atomic E-state index is 11.7. The molecule has 1 atom stereocenters. The number of benzene rings is 1. The Hall–Kier alpha value is -1.55. The average Bonchev–Trinajstić information content (AvgIpc) is 2.43. The van der Waals surface area contributed by atoms with Crippen LogP contribution in [0.3, 0.4) is 0 Å². The second-order valence-electron chi connectivity index (χ2n) is 3.75. The topological polar surface area (TPSA) is 55.4 Å². The summed E-state index contributed by atoms with van der Waals surface area (Å²) in [5.41, 5.74) is 1.71. The van der Waals surface area contributed by atoms with Gasteiger partial charge in [-0.05, 0) is 24.1 Å². The lowest BCUT2D eigenvalue weighted by molar-refractivity contribution is -0.140. The molecular formula is C13H16ClNO3. The van der Waals surface area contributed by atoms with Gasteiger partial charge in [0.05, 0.1) is 7.11 Å². The Bertz CT molecular complexity index is 417. The summed E-state index contributed by atoms with van der Waals surface area (Å²) in [4.78, 5) is 22.8. The van der Waals surface area contributed by atoms with Gasteiger partial charge in [-0.1, -0.05) is 19.1 Å². The zero-order valence-corrected chi connectivity index (χ0v) is 11.2. The summed E-state index contributed by atoms with van der Waals surface area (Å²) in [6.07, 6.45) is 0.925. The highest BCUT2D eigenvalue weighted by Gasteiger charge is 2.16. The average molecular weight is 270 g/mol. The molecule has 0 aliphatic rings. The molecule has 4 nitrogen and oxygen atoms in total. The first kappa shape index (κ1) is 14.5. The molecule has 1 aromatic rings. The zero-order chi connectivity index (χ0) is 13.5. The van der Waals surface area contributed by atoms with E-state index in [4.69, 9.17) is 11.6 Å². The van der Waals surface area contributed by atoms with E-state index in [9.17, 15) is 9.59 Å². The minimum atomic E-state index is -0.867. The van der Waals surface area contributed by atoms with Crippen molar-refractivity contribution in [2.24, 2.45) is 0 Å². The Morgan fingerprint density at radius 2 is 1.94 bits per heavy atom. The van der Waals surface area contributed by atoms with Gasteiger partial charge in [-0.3, -0.25) is 9.59 Å². The van der Waals surface area contributed by atoms with Crippen LogP contribution in [0.2, 0.25) is 0 Å². The molecule has 0 saturated carbocycles. The summed E-state index contributed by atoms with van der Waals surface area (Å²) in [7, 11) is 1.25. The highest BCUT2D eigenvalue weighted by molar-refractivity contribution is 6.30. The monoisotopic (exact) mass is 269 g/mol. The molecule has 0 aromatic heterocycles. The number of esters is 1. The molecule has 5 heteroatoms. The number of carbonyl (C=O) groups is 2. The number of amides is 1. The highest BCUT2D eigenvalue weighted by Crippen LogP contribution is 2.05. The standard InChI is InChI=1S/C13H16ClNO3/c1-3-9-4-6-10(7-5-9)12(16)15-8-11(14)13(17)18-2/h4-7,11H,3,8H2,1-2H3,(H,15,16). The predicted octanol–water partition coefficient (Wildman–Crippen LogP) is 1.76. The number of hydrogen-bond acceptors (Lipinski definition) is 3. The Labute approximate surface area is 111 Å². The molecular weight excluding hydrogens is 254 g/mol. The lowest BCUT2D eigenvalue weighted by Gasteiger charge is -2.09. The fourth-order valence-corrected chi connectivity index (χ4v) is 1.55. The van der Waals surface area contributed by atoms with Crippen molar-refractivity contribution in [3.8, 4) is 0 Å². The molecule has 0 saturated heterocycles. The van der Waals surface area contributed by atoms with Gasteiger partial charge < -0.3 is 10.1 Å². The molecule has 0 aliphatic carbocycles. The van der Waals surface area contributed by atoms with Gasteiger partial charge >= 0.3 is 5.97 Å². The Morgan fingerprint density at radius 1 is 1.33 bits per heavy atom. The number of halogens is 1. The number of nitrogens with one attached hydrogen (secondary N) is 1. The van der Waals surface area contributed by atoms with Crippen LogP contribution < -0.4 is 5.32 Å². The Kier molecular flexibility index (Phi) is 5.65. The Morgan fingerprint density at radius 3 is 2.44 bits per heavy atom. The molecule has 98 valence electrons. The van der Waals surface area contributed by atoms with E-state index in [0.29, 0.717) is 5.56 Å². The van der Waals surface area contributed by atoms with Crippen molar-refractivity contribution in [1.29, 1.82) is 0 Å². The summed E-state index contributed by atoms with van der Waals surface area (Å²) >= 11 is 5.72. The molecule has 0 bridgehead atoms. The summed E-state index contributed by atoms with van der Waals surface area (Å²) in [6.45, 7) is 2.09. The quantitative estimate of drug-likeness (QED) is 0.655. The molecule has 1 rings (SSSR count). The third-order valence-electron chi connectivity index (χ3n) is 2.52. The van der Waals surface area contributed by atoms with E-state index >= 15 is 0 Å². The van der Waals surface area contributed by atoms with E-state index in [1.54, 1.807) is 12.1 Å². The van der Waals surface area contributed by atoms with Gasteiger partial charge in [-0.2, -0.15) is 0 Å². The van der Waals surface area contributed by atoms with E-state index in [0.717, 1.165) is 12.0 Å². The second-order valence-corrected chi connectivity index (χ2v) is 4.28. The molecule has 0 aliphatic heterocycles. The second kappa shape index (κ2) is 7.01.